The molecule has 0 N–H and O–H groups in total. The van der Waals surface area contributed by atoms with E-state index in [0.29, 0.717) is 5.56 Å². The third-order valence-corrected chi connectivity index (χ3v) is 5.57. The molecule has 1 aliphatic rings. The number of rotatable bonds is 10. The Morgan fingerprint density at radius 1 is 0.725 bits per heavy atom. The standard InChI is InChI=1S/C29H30O11/c1-17(30)35-16-25-26(36-18(2)31)27(37-19(3)32)28(38-20(4)33)29(40-25)39-23-13-11-22(12-14-23)24(34)15-10-21-8-6-5-7-9-21/h5-15,25-29H,16H2,1-4H3/b15-10+/t25-,26-,27+,28-,29-/m1/s1. The summed E-state index contributed by atoms with van der Waals surface area (Å²) < 4.78 is 33.0. The Labute approximate surface area is 230 Å². The first-order valence-electron chi connectivity index (χ1n) is 12.4. The van der Waals surface area contributed by atoms with Crippen LogP contribution >= 0.6 is 0 Å². The van der Waals surface area contributed by atoms with Crippen molar-refractivity contribution in [2.75, 3.05) is 6.61 Å². The summed E-state index contributed by atoms with van der Waals surface area (Å²) >= 11 is 0. The number of ketones is 1. The maximum absolute atomic E-state index is 12.6. The number of hydrogen-bond acceptors (Lipinski definition) is 11. The van der Waals surface area contributed by atoms with E-state index in [-0.39, 0.29) is 18.1 Å². The Morgan fingerprint density at radius 3 is 1.88 bits per heavy atom. The first-order valence-corrected chi connectivity index (χ1v) is 12.4. The van der Waals surface area contributed by atoms with Gasteiger partial charge in [-0.15, -0.1) is 0 Å². The van der Waals surface area contributed by atoms with Crippen LogP contribution in [0.2, 0.25) is 0 Å². The fraction of sp³-hybridized carbons (Fsp3) is 0.345. The third kappa shape index (κ3) is 8.77. The maximum Gasteiger partial charge on any atom is 0.303 e. The van der Waals surface area contributed by atoms with Crippen LogP contribution in [0.3, 0.4) is 0 Å². The smallest absolute Gasteiger partial charge is 0.303 e. The van der Waals surface area contributed by atoms with E-state index >= 15 is 0 Å². The van der Waals surface area contributed by atoms with Crippen LogP contribution in [0.5, 0.6) is 5.75 Å². The van der Waals surface area contributed by atoms with Crippen LogP contribution < -0.4 is 4.74 Å². The summed E-state index contributed by atoms with van der Waals surface area (Å²) in [4.78, 5) is 59.8. The average Bonchev–Trinajstić information content (AvgIpc) is 2.89. The van der Waals surface area contributed by atoms with Gasteiger partial charge in [0.05, 0.1) is 0 Å². The number of ether oxygens (including phenoxy) is 6. The monoisotopic (exact) mass is 554 g/mol. The first kappa shape index (κ1) is 30.0. The number of benzene rings is 2. The van der Waals surface area contributed by atoms with Crippen molar-refractivity contribution in [2.45, 2.75) is 58.4 Å². The van der Waals surface area contributed by atoms with Crippen molar-refractivity contribution in [3.05, 3.63) is 71.8 Å². The molecule has 11 nitrogen and oxygen atoms in total. The minimum Gasteiger partial charge on any atom is -0.463 e. The molecule has 1 aliphatic heterocycles. The number of carbonyl (C=O) groups excluding carboxylic acids is 5. The van der Waals surface area contributed by atoms with Crippen molar-refractivity contribution in [3.8, 4) is 5.75 Å². The van der Waals surface area contributed by atoms with Crippen molar-refractivity contribution in [1.29, 1.82) is 0 Å². The van der Waals surface area contributed by atoms with Crippen LogP contribution in [0.15, 0.2) is 60.7 Å². The largest absolute Gasteiger partial charge is 0.463 e. The molecule has 212 valence electrons. The Bertz CT molecular complexity index is 1240. The minimum atomic E-state index is -1.37. The zero-order valence-corrected chi connectivity index (χ0v) is 22.4. The summed E-state index contributed by atoms with van der Waals surface area (Å²) in [7, 11) is 0. The van der Waals surface area contributed by atoms with Crippen molar-refractivity contribution in [2.24, 2.45) is 0 Å². The molecule has 0 unspecified atom stereocenters. The number of esters is 4. The molecule has 2 aromatic carbocycles. The van der Waals surface area contributed by atoms with Gasteiger partial charge in [0.25, 0.3) is 0 Å². The van der Waals surface area contributed by atoms with E-state index in [1.807, 2.05) is 30.3 Å². The number of hydrogen-bond donors (Lipinski definition) is 0. The predicted molar refractivity (Wildman–Crippen MR) is 139 cm³/mol. The first-order chi connectivity index (χ1) is 19.0. The van der Waals surface area contributed by atoms with Gasteiger partial charge in [-0.1, -0.05) is 36.4 Å². The molecule has 1 saturated heterocycles. The highest BCUT2D eigenvalue weighted by Crippen LogP contribution is 2.31. The second kappa shape index (κ2) is 14.0. The molecule has 0 aliphatic carbocycles. The van der Waals surface area contributed by atoms with E-state index in [4.69, 9.17) is 28.4 Å². The van der Waals surface area contributed by atoms with Crippen LogP contribution in [0.4, 0.5) is 0 Å². The molecule has 0 spiro atoms. The van der Waals surface area contributed by atoms with E-state index in [1.54, 1.807) is 6.08 Å². The second-order valence-electron chi connectivity index (χ2n) is 8.82. The van der Waals surface area contributed by atoms with Gasteiger partial charge in [0.1, 0.15) is 18.5 Å². The van der Waals surface area contributed by atoms with Crippen molar-refractivity contribution in [3.63, 3.8) is 0 Å². The normalized spacial score (nSPS) is 22.1. The van der Waals surface area contributed by atoms with Crippen LogP contribution in [-0.4, -0.2) is 67.0 Å². The lowest BCUT2D eigenvalue weighted by atomic mass is 9.98. The highest BCUT2D eigenvalue weighted by Gasteiger charge is 2.53. The van der Waals surface area contributed by atoms with E-state index in [0.717, 1.165) is 26.3 Å². The fourth-order valence-corrected chi connectivity index (χ4v) is 3.95. The molecule has 2 aromatic rings. The summed E-state index contributed by atoms with van der Waals surface area (Å²) in [6.07, 6.45) is -3.38. The van der Waals surface area contributed by atoms with Gasteiger partial charge in [-0.2, -0.15) is 0 Å². The average molecular weight is 555 g/mol. The second-order valence-corrected chi connectivity index (χ2v) is 8.82. The van der Waals surface area contributed by atoms with Gasteiger partial charge in [-0.05, 0) is 35.9 Å². The summed E-state index contributed by atoms with van der Waals surface area (Å²) in [5.41, 5.74) is 1.26. The summed E-state index contributed by atoms with van der Waals surface area (Å²) in [5, 5.41) is 0. The van der Waals surface area contributed by atoms with Gasteiger partial charge in [0.15, 0.2) is 18.0 Å². The van der Waals surface area contributed by atoms with Gasteiger partial charge in [-0.3, -0.25) is 24.0 Å². The molecule has 0 aromatic heterocycles. The molecule has 1 fully saturated rings. The van der Waals surface area contributed by atoms with Gasteiger partial charge < -0.3 is 28.4 Å². The molecule has 0 saturated carbocycles. The van der Waals surface area contributed by atoms with Crippen molar-refractivity contribution < 1.29 is 52.4 Å². The zero-order valence-electron chi connectivity index (χ0n) is 22.4. The van der Waals surface area contributed by atoms with Gasteiger partial charge in [0, 0.05) is 33.3 Å². The summed E-state index contributed by atoms with van der Waals surface area (Å²) in [6, 6.07) is 15.5. The maximum atomic E-state index is 12.6. The van der Waals surface area contributed by atoms with E-state index in [2.05, 4.69) is 0 Å². The Kier molecular flexibility index (Phi) is 10.5. The Balaban J connectivity index is 1.86. The molecule has 40 heavy (non-hydrogen) atoms. The highest BCUT2D eigenvalue weighted by atomic mass is 16.7. The van der Waals surface area contributed by atoms with Crippen LogP contribution in [0.1, 0.15) is 43.6 Å². The van der Waals surface area contributed by atoms with E-state index in [1.165, 1.54) is 37.3 Å². The molecule has 3 rings (SSSR count). The SMILES string of the molecule is CC(=O)OC[C@H]1O[C@@H](Oc2ccc(C(=O)/C=C/c3ccccc3)cc2)[C@H](OC(C)=O)[C@@H](OC(C)=O)[C@@H]1OC(C)=O. The molecule has 11 heteroatoms. The molecule has 0 bridgehead atoms. The summed E-state index contributed by atoms with van der Waals surface area (Å²) in [5.74, 6) is -2.87. The topological polar surface area (TPSA) is 141 Å². The molecule has 0 amide bonds. The van der Waals surface area contributed by atoms with E-state index in [9.17, 15) is 24.0 Å². The van der Waals surface area contributed by atoms with Crippen LogP contribution in [-0.2, 0) is 42.9 Å². The Hall–Kier alpha value is -4.51. The van der Waals surface area contributed by atoms with Crippen molar-refractivity contribution in [1.82, 2.24) is 0 Å². The van der Waals surface area contributed by atoms with E-state index < -0.39 is 54.6 Å². The van der Waals surface area contributed by atoms with Gasteiger partial charge >= 0.3 is 23.9 Å². The highest BCUT2D eigenvalue weighted by molar-refractivity contribution is 6.06. The molecule has 0 radical (unpaired) electrons. The number of carbonyl (C=O) groups is 5. The third-order valence-electron chi connectivity index (χ3n) is 5.57. The predicted octanol–water partition coefficient (Wildman–Crippen LogP) is 3.04. The van der Waals surface area contributed by atoms with Crippen LogP contribution in [0, 0.1) is 0 Å². The number of allylic oxidation sites excluding steroid dienone is 1. The Morgan fingerprint density at radius 2 is 1.30 bits per heavy atom. The molecular weight excluding hydrogens is 524 g/mol. The fourth-order valence-electron chi connectivity index (χ4n) is 3.95. The molecular formula is C29H30O11. The minimum absolute atomic E-state index is 0.226. The lowest BCUT2D eigenvalue weighted by Gasteiger charge is -2.43. The van der Waals surface area contributed by atoms with Gasteiger partial charge in [-0.25, -0.2) is 0 Å². The lowest BCUT2D eigenvalue weighted by molar-refractivity contribution is -0.288. The van der Waals surface area contributed by atoms with Gasteiger partial charge in [0.2, 0.25) is 12.4 Å². The molecule has 5 atom stereocenters. The lowest BCUT2D eigenvalue weighted by Crippen LogP contribution is -2.63. The zero-order chi connectivity index (χ0) is 29.2. The molecule has 1 heterocycles. The van der Waals surface area contributed by atoms with Crippen molar-refractivity contribution >= 4 is 35.7 Å². The quantitative estimate of drug-likeness (QED) is 0.185. The van der Waals surface area contributed by atoms with Crippen LogP contribution in [0.25, 0.3) is 6.08 Å². The summed E-state index contributed by atoms with van der Waals surface area (Å²) in [6.45, 7) is 4.20.